The number of carbonyl (C=O) groups excluding carboxylic acids is 1. The predicted octanol–water partition coefficient (Wildman–Crippen LogP) is 4.60. The van der Waals surface area contributed by atoms with Crippen molar-refractivity contribution in [2.75, 3.05) is 18.5 Å². The quantitative estimate of drug-likeness (QED) is 0.787. The minimum Gasteiger partial charge on any atom is -0.493 e. The summed E-state index contributed by atoms with van der Waals surface area (Å²) in [6.45, 7) is 4.87. The molecular formula is C21H24F3N3O2. The Morgan fingerprint density at radius 2 is 2.03 bits per heavy atom. The van der Waals surface area contributed by atoms with E-state index in [0.717, 1.165) is 25.1 Å². The van der Waals surface area contributed by atoms with Gasteiger partial charge < -0.3 is 15.0 Å². The van der Waals surface area contributed by atoms with Gasteiger partial charge in [0, 0.05) is 24.8 Å². The smallest absolute Gasteiger partial charge is 0.417 e. The summed E-state index contributed by atoms with van der Waals surface area (Å²) >= 11 is 0. The summed E-state index contributed by atoms with van der Waals surface area (Å²) in [5.74, 6) is 0.791. The van der Waals surface area contributed by atoms with Gasteiger partial charge in [-0.2, -0.15) is 13.2 Å². The molecule has 1 aliphatic heterocycles. The van der Waals surface area contributed by atoms with Crippen LogP contribution in [0.1, 0.15) is 42.6 Å². The molecule has 0 radical (unpaired) electrons. The van der Waals surface area contributed by atoms with Crippen molar-refractivity contribution in [2.24, 2.45) is 0 Å². The van der Waals surface area contributed by atoms with E-state index in [0.29, 0.717) is 30.3 Å². The first-order valence-electron chi connectivity index (χ1n) is 9.64. The summed E-state index contributed by atoms with van der Waals surface area (Å²) in [6, 6.07) is 9.19. The lowest BCUT2D eigenvalue weighted by molar-refractivity contribution is -0.137. The van der Waals surface area contributed by atoms with E-state index in [-0.39, 0.29) is 18.0 Å². The van der Waals surface area contributed by atoms with E-state index in [1.807, 2.05) is 19.9 Å². The van der Waals surface area contributed by atoms with E-state index in [1.165, 1.54) is 6.07 Å². The maximum Gasteiger partial charge on any atom is 0.417 e. The van der Waals surface area contributed by atoms with Crippen LogP contribution in [-0.2, 0) is 6.18 Å². The lowest BCUT2D eigenvalue weighted by atomic mass is 9.96. The van der Waals surface area contributed by atoms with Gasteiger partial charge >= 0.3 is 6.18 Å². The van der Waals surface area contributed by atoms with Crippen molar-refractivity contribution < 1.29 is 22.7 Å². The van der Waals surface area contributed by atoms with Crippen LogP contribution in [0.25, 0.3) is 0 Å². The second-order valence-electron chi connectivity index (χ2n) is 6.99. The fraction of sp³-hybridized carbons (Fsp3) is 0.429. The van der Waals surface area contributed by atoms with Gasteiger partial charge in [0.1, 0.15) is 11.6 Å². The molecule has 29 heavy (non-hydrogen) atoms. The van der Waals surface area contributed by atoms with E-state index < -0.39 is 11.7 Å². The maximum atomic E-state index is 13.1. The number of aromatic nitrogens is 1. The number of hydrogen-bond acceptors (Lipinski definition) is 4. The van der Waals surface area contributed by atoms with E-state index in [9.17, 15) is 18.0 Å². The zero-order chi connectivity index (χ0) is 21.0. The van der Waals surface area contributed by atoms with Gasteiger partial charge in [-0.1, -0.05) is 12.1 Å². The molecule has 1 aromatic heterocycles. The molecule has 2 aromatic rings. The summed E-state index contributed by atoms with van der Waals surface area (Å²) < 4.78 is 43.7. The summed E-state index contributed by atoms with van der Waals surface area (Å²) in [5.41, 5.74) is -0.279. The van der Waals surface area contributed by atoms with E-state index in [1.54, 1.807) is 23.1 Å². The summed E-state index contributed by atoms with van der Waals surface area (Å²) in [4.78, 5) is 18.8. The summed E-state index contributed by atoms with van der Waals surface area (Å²) in [7, 11) is 0. The van der Waals surface area contributed by atoms with Crippen molar-refractivity contribution in [3.63, 3.8) is 0 Å². The highest BCUT2D eigenvalue weighted by atomic mass is 19.4. The number of benzene rings is 1. The Morgan fingerprint density at radius 1 is 1.28 bits per heavy atom. The predicted molar refractivity (Wildman–Crippen MR) is 104 cm³/mol. The molecule has 1 aromatic carbocycles. The number of nitrogens with zero attached hydrogens (tertiary/aromatic N) is 2. The number of nitrogens with one attached hydrogen (secondary N) is 1. The summed E-state index contributed by atoms with van der Waals surface area (Å²) in [6.07, 6.45) is -2.02. The van der Waals surface area contributed by atoms with E-state index >= 15 is 0 Å². The van der Waals surface area contributed by atoms with Crippen LogP contribution in [0.15, 0.2) is 42.6 Å². The highest BCUT2D eigenvalue weighted by Gasteiger charge is 2.33. The van der Waals surface area contributed by atoms with Crippen LogP contribution in [0.4, 0.5) is 19.0 Å². The number of likely N-dealkylation sites (tertiary alicyclic amines) is 1. The molecule has 0 spiro atoms. The molecule has 1 amide bonds. The van der Waals surface area contributed by atoms with E-state index in [4.69, 9.17) is 4.74 Å². The average Bonchev–Trinajstić information content (AvgIpc) is 2.69. The Morgan fingerprint density at radius 3 is 2.69 bits per heavy atom. The third kappa shape index (κ3) is 4.81. The van der Waals surface area contributed by atoms with Gasteiger partial charge in [0.05, 0.1) is 17.7 Å². The number of halogens is 3. The molecule has 5 nitrogen and oxygen atoms in total. The molecule has 3 rings (SSSR count). The lowest BCUT2D eigenvalue weighted by Crippen LogP contribution is -2.52. The van der Waals surface area contributed by atoms with Crippen LogP contribution < -0.4 is 10.1 Å². The first-order chi connectivity index (χ1) is 13.8. The molecule has 8 heteroatoms. The monoisotopic (exact) mass is 407 g/mol. The van der Waals surface area contributed by atoms with Crippen LogP contribution in [0.5, 0.6) is 5.75 Å². The highest BCUT2D eigenvalue weighted by molar-refractivity contribution is 5.97. The molecule has 2 heterocycles. The van der Waals surface area contributed by atoms with Gasteiger partial charge in [0.15, 0.2) is 0 Å². The number of amides is 1. The second-order valence-corrected chi connectivity index (χ2v) is 6.99. The number of carbonyl (C=O) groups is 1. The zero-order valence-corrected chi connectivity index (χ0v) is 16.4. The largest absolute Gasteiger partial charge is 0.493 e. The molecule has 1 saturated heterocycles. The molecule has 1 fully saturated rings. The van der Waals surface area contributed by atoms with Crippen molar-refractivity contribution in [1.29, 1.82) is 0 Å². The number of anilines is 1. The Hall–Kier alpha value is -2.77. The number of piperidine rings is 1. The van der Waals surface area contributed by atoms with Crippen molar-refractivity contribution in [3.05, 3.63) is 53.7 Å². The molecule has 0 aliphatic carbocycles. The van der Waals surface area contributed by atoms with Crippen LogP contribution in [0.2, 0.25) is 0 Å². The SMILES string of the molecule is CCOc1ccccc1C(=O)N1CCCC(Nc2ccc(C(F)(F)F)cn2)C1C. The Balaban J connectivity index is 1.73. The van der Waals surface area contributed by atoms with E-state index in [2.05, 4.69) is 10.3 Å². The fourth-order valence-corrected chi connectivity index (χ4v) is 3.54. The first-order valence-corrected chi connectivity index (χ1v) is 9.64. The fourth-order valence-electron chi connectivity index (χ4n) is 3.54. The van der Waals surface area contributed by atoms with Crippen LogP contribution in [0, 0.1) is 0 Å². The molecule has 1 aliphatic rings. The topological polar surface area (TPSA) is 54.5 Å². The Labute approximate surface area is 167 Å². The third-order valence-corrected chi connectivity index (χ3v) is 5.09. The number of hydrogen-bond donors (Lipinski definition) is 1. The molecule has 0 bridgehead atoms. The zero-order valence-electron chi connectivity index (χ0n) is 16.4. The normalized spacial score (nSPS) is 19.7. The van der Waals surface area contributed by atoms with Crippen LogP contribution >= 0.6 is 0 Å². The minimum absolute atomic E-state index is 0.115. The standard InChI is InChI=1S/C21H24F3N3O2/c1-3-29-18-9-5-4-7-16(18)20(28)27-12-6-8-17(14(27)2)26-19-11-10-15(13-25-19)21(22,23)24/h4-5,7,9-11,13-14,17H,3,6,8,12H2,1-2H3,(H,25,26). The molecular weight excluding hydrogens is 383 g/mol. The van der Waals surface area contributed by atoms with Gasteiger partial charge in [0.25, 0.3) is 5.91 Å². The Bertz CT molecular complexity index is 840. The minimum atomic E-state index is -4.42. The average molecular weight is 407 g/mol. The first kappa shape index (κ1) is 21.0. The highest BCUT2D eigenvalue weighted by Crippen LogP contribution is 2.30. The molecule has 2 atom stereocenters. The van der Waals surface area contributed by atoms with Gasteiger partial charge in [0.2, 0.25) is 0 Å². The molecule has 1 N–H and O–H groups in total. The van der Waals surface area contributed by atoms with Crippen LogP contribution in [-0.4, -0.2) is 41.0 Å². The van der Waals surface area contributed by atoms with Crippen molar-refractivity contribution in [3.8, 4) is 5.75 Å². The molecule has 156 valence electrons. The van der Waals surface area contributed by atoms with Gasteiger partial charge in [-0.3, -0.25) is 4.79 Å². The van der Waals surface area contributed by atoms with Crippen molar-refractivity contribution in [1.82, 2.24) is 9.88 Å². The van der Waals surface area contributed by atoms with Gasteiger partial charge in [-0.05, 0) is 51.0 Å². The number of para-hydroxylation sites is 1. The number of rotatable bonds is 5. The second kappa shape index (κ2) is 8.71. The lowest BCUT2D eigenvalue weighted by Gasteiger charge is -2.40. The molecule has 0 saturated carbocycles. The maximum absolute atomic E-state index is 13.1. The number of pyridine rings is 1. The Kier molecular flexibility index (Phi) is 6.30. The molecule has 2 unspecified atom stereocenters. The van der Waals surface area contributed by atoms with Crippen molar-refractivity contribution >= 4 is 11.7 Å². The summed E-state index contributed by atoms with van der Waals surface area (Å²) in [5, 5.41) is 3.18. The van der Waals surface area contributed by atoms with Gasteiger partial charge in [-0.25, -0.2) is 4.98 Å². The van der Waals surface area contributed by atoms with Gasteiger partial charge in [-0.15, -0.1) is 0 Å². The van der Waals surface area contributed by atoms with Crippen LogP contribution in [0.3, 0.4) is 0 Å². The van der Waals surface area contributed by atoms with Crippen molar-refractivity contribution in [2.45, 2.75) is 44.9 Å². The third-order valence-electron chi connectivity index (χ3n) is 5.09. The number of ether oxygens (including phenoxy) is 1. The number of alkyl halides is 3.